The van der Waals surface area contributed by atoms with Crippen LogP contribution in [0.3, 0.4) is 0 Å². The van der Waals surface area contributed by atoms with Gasteiger partial charge >= 0.3 is 0 Å². The molecule has 1 heterocycles. The number of amides is 1. The van der Waals surface area contributed by atoms with Gasteiger partial charge in [-0.15, -0.1) is 0 Å². The van der Waals surface area contributed by atoms with E-state index in [0.717, 1.165) is 19.5 Å². The summed E-state index contributed by atoms with van der Waals surface area (Å²) < 4.78 is 18.3. The minimum Gasteiger partial charge on any atom is -0.494 e. The van der Waals surface area contributed by atoms with Gasteiger partial charge in [0.1, 0.15) is 0 Å². The average molecular weight is 308 g/mol. The summed E-state index contributed by atoms with van der Waals surface area (Å²) >= 11 is 0. The first-order valence-corrected chi connectivity index (χ1v) is 7.68. The molecule has 1 aliphatic heterocycles. The van der Waals surface area contributed by atoms with E-state index in [1.807, 2.05) is 0 Å². The van der Waals surface area contributed by atoms with Gasteiger partial charge in [0.05, 0.1) is 7.11 Å². The highest BCUT2D eigenvalue weighted by molar-refractivity contribution is 5.94. The SMILES string of the molecule is COc1cc(C(=O)NCC2CCN(C(C)(C)C)C2)ccc1F. The predicted molar refractivity (Wildman–Crippen MR) is 84.7 cm³/mol. The van der Waals surface area contributed by atoms with Gasteiger partial charge in [0.15, 0.2) is 11.6 Å². The molecule has 1 N–H and O–H groups in total. The molecular formula is C17H25FN2O2. The van der Waals surface area contributed by atoms with Crippen molar-refractivity contribution in [2.45, 2.75) is 32.7 Å². The third kappa shape index (κ3) is 3.97. The van der Waals surface area contributed by atoms with Gasteiger partial charge < -0.3 is 10.1 Å². The minimum atomic E-state index is -0.462. The number of carbonyl (C=O) groups is 1. The van der Waals surface area contributed by atoms with Crippen molar-refractivity contribution in [1.29, 1.82) is 0 Å². The molecule has 1 aromatic carbocycles. The Morgan fingerprint density at radius 3 is 2.77 bits per heavy atom. The standard InChI is InChI=1S/C17H25FN2O2/c1-17(2,3)20-8-7-12(11-20)10-19-16(21)13-5-6-14(18)15(9-13)22-4/h5-6,9,12H,7-8,10-11H2,1-4H3,(H,19,21). The van der Waals surface area contributed by atoms with Crippen LogP contribution in [0.2, 0.25) is 0 Å². The zero-order chi connectivity index (χ0) is 16.3. The largest absolute Gasteiger partial charge is 0.494 e. The summed E-state index contributed by atoms with van der Waals surface area (Å²) in [5, 5.41) is 2.94. The molecule has 0 saturated carbocycles. The summed E-state index contributed by atoms with van der Waals surface area (Å²) in [4.78, 5) is 14.6. The first-order valence-electron chi connectivity index (χ1n) is 7.68. The van der Waals surface area contributed by atoms with Crippen LogP contribution < -0.4 is 10.1 Å². The fourth-order valence-electron chi connectivity index (χ4n) is 2.75. The van der Waals surface area contributed by atoms with Crippen molar-refractivity contribution in [3.8, 4) is 5.75 Å². The lowest BCUT2D eigenvalue weighted by molar-refractivity contribution is 0.0945. The lowest BCUT2D eigenvalue weighted by Crippen LogP contribution is -2.40. The third-order valence-electron chi connectivity index (χ3n) is 4.20. The van der Waals surface area contributed by atoms with Crippen LogP contribution in [-0.2, 0) is 0 Å². The van der Waals surface area contributed by atoms with E-state index in [9.17, 15) is 9.18 Å². The fraction of sp³-hybridized carbons (Fsp3) is 0.588. The zero-order valence-corrected chi connectivity index (χ0v) is 13.8. The third-order valence-corrected chi connectivity index (χ3v) is 4.20. The molecule has 1 amide bonds. The van der Waals surface area contributed by atoms with E-state index < -0.39 is 5.82 Å². The Bertz CT molecular complexity index is 540. The number of carbonyl (C=O) groups excluding carboxylic acids is 1. The van der Waals surface area contributed by atoms with Crippen molar-refractivity contribution in [2.24, 2.45) is 5.92 Å². The highest BCUT2D eigenvalue weighted by Crippen LogP contribution is 2.24. The molecule has 4 nitrogen and oxygen atoms in total. The Morgan fingerprint density at radius 1 is 1.45 bits per heavy atom. The van der Waals surface area contributed by atoms with Gasteiger partial charge in [0, 0.05) is 24.2 Å². The second-order valence-electron chi connectivity index (χ2n) is 6.83. The van der Waals surface area contributed by atoms with Crippen molar-refractivity contribution < 1.29 is 13.9 Å². The highest BCUT2D eigenvalue weighted by Gasteiger charge is 2.30. The summed E-state index contributed by atoms with van der Waals surface area (Å²) in [6.45, 7) is 9.33. The van der Waals surface area contributed by atoms with Crippen molar-refractivity contribution >= 4 is 5.91 Å². The summed E-state index contributed by atoms with van der Waals surface area (Å²) in [6, 6.07) is 4.16. The summed E-state index contributed by atoms with van der Waals surface area (Å²) in [5.74, 6) is -0.0962. The van der Waals surface area contributed by atoms with Crippen LogP contribution in [0.15, 0.2) is 18.2 Å². The summed E-state index contributed by atoms with van der Waals surface area (Å²) in [7, 11) is 1.39. The van der Waals surface area contributed by atoms with Crippen LogP contribution in [0.4, 0.5) is 4.39 Å². The molecule has 1 saturated heterocycles. The van der Waals surface area contributed by atoms with Gasteiger partial charge in [-0.05, 0) is 57.9 Å². The second-order valence-corrected chi connectivity index (χ2v) is 6.83. The topological polar surface area (TPSA) is 41.6 Å². The Kier molecular flexibility index (Phi) is 5.06. The number of halogens is 1. The number of likely N-dealkylation sites (tertiary alicyclic amines) is 1. The normalized spacial score (nSPS) is 19.2. The van der Waals surface area contributed by atoms with Crippen molar-refractivity contribution in [1.82, 2.24) is 10.2 Å². The van der Waals surface area contributed by atoms with Gasteiger partial charge in [-0.2, -0.15) is 0 Å². The van der Waals surface area contributed by atoms with Crippen LogP contribution >= 0.6 is 0 Å². The van der Waals surface area contributed by atoms with E-state index >= 15 is 0 Å². The number of methoxy groups -OCH3 is 1. The molecule has 0 spiro atoms. The first-order chi connectivity index (χ1) is 10.3. The zero-order valence-electron chi connectivity index (χ0n) is 13.8. The first kappa shape index (κ1) is 16.7. The number of benzene rings is 1. The van der Waals surface area contributed by atoms with Gasteiger partial charge in [-0.3, -0.25) is 9.69 Å². The molecule has 0 aromatic heterocycles. The average Bonchev–Trinajstić information content (AvgIpc) is 2.94. The van der Waals surface area contributed by atoms with Crippen molar-refractivity contribution in [2.75, 3.05) is 26.7 Å². The molecule has 1 unspecified atom stereocenters. The Labute approximate surface area is 131 Å². The van der Waals surface area contributed by atoms with Gasteiger partial charge in [0.2, 0.25) is 0 Å². The second kappa shape index (κ2) is 6.65. The molecule has 1 fully saturated rings. The molecule has 0 bridgehead atoms. The van der Waals surface area contributed by atoms with E-state index in [1.54, 1.807) is 0 Å². The van der Waals surface area contributed by atoms with Gasteiger partial charge in [-0.25, -0.2) is 4.39 Å². The monoisotopic (exact) mass is 308 g/mol. The molecule has 0 aliphatic carbocycles. The molecule has 0 radical (unpaired) electrons. The molecule has 2 rings (SSSR count). The molecule has 1 atom stereocenters. The summed E-state index contributed by atoms with van der Waals surface area (Å²) in [6.07, 6.45) is 1.09. The van der Waals surface area contributed by atoms with E-state index in [0.29, 0.717) is 18.0 Å². The number of nitrogens with one attached hydrogen (secondary N) is 1. The number of rotatable bonds is 4. The van der Waals surface area contributed by atoms with E-state index in [4.69, 9.17) is 4.74 Å². The number of ether oxygens (including phenoxy) is 1. The van der Waals surface area contributed by atoms with Crippen LogP contribution in [0.25, 0.3) is 0 Å². The lowest BCUT2D eigenvalue weighted by Gasteiger charge is -2.31. The van der Waals surface area contributed by atoms with E-state index in [1.165, 1.54) is 25.3 Å². The Balaban J connectivity index is 1.89. The molecule has 1 aromatic rings. The van der Waals surface area contributed by atoms with E-state index in [-0.39, 0.29) is 17.2 Å². The molecular weight excluding hydrogens is 283 g/mol. The molecule has 122 valence electrons. The Morgan fingerprint density at radius 2 is 2.18 bits per heavy atom. The Hall–Kier alpha value is -1.62. The van der Waals surface area contributed by atoms with Gasteiger partial charge in [-0.1, -0.05) is 0 Å². The van der Waals surface area contributed by atoms with Crippen molar-refractivity contribution in [3.63, 3.8) is 0 Å². The number of hydrogen-bond acceptors (Lipinski definition) is 3. The van der Waals surface area contributed by atoms with Crippen molar-refractivity contribution in [3.05, 3.63) is 29.6 Å². The molecule has 1 aliphatic rings. The highest BCUT2D eigenvalue weighted by atomic mass is 19.1. The van der Waals surface area contributed by atoms with Crippen LogP contribution in [0, 0.1) is 11.7 Å². The van der Waals surface area contributed by atoms with Crippen LogP contribution in [0.1, 0.15) is 37.6 Å². The fourth-order valence-corrected chi connectivity index (χ4v) is 2.75. The predicted octanol–water partition coefficient (Wildman–Crippen LogP) is 2.68. The molecule has 5 heteroatoms. The maximum absolute atomic E-state index is 13.4. The van der Waals surface area contributed by atoms with E-state index in [2.05, 4.69) is 31.0 Å². The minimum absolute atomic E-state index is 0.0902. The number of nitrogens with zero attached hydrogens (tertiary/aromatic N) is 1. The van der Waals surface area contributed by atoms with Crippen LogP contribution in [-0.4, -0.2) is 43.1 Å². The maximum Gasteiger partial charge on any atom is 0.251 e. The summed E-state index contributed by atoms with van der Waals surface area (Å²) in [5.41, 5.74) is 0.590. The number of hydrogen-bond donors (Lipinski definition) is 1. The van der Waals surface area contributed by atoms with Gasteiger partial charge in [0.25, 0.3) is 5.91 Å². The van der Waals surface area contributed by atoms with Crippen LogP contribution in [0.5, 0.6) is 5.75 Å². The maximum atomic E-state index is 13.4. The molecule has 22 heavy (non-hydrogen) atoms. The lowest BCUT2D eigenvalue weighted by atomic mass is 10.1. The smallest absolute Gasteiger partial charge is 0.251 e. The quantitative estimate of drug-likeness (QED) is 0.930.